The van der Waals surface area contributed by atoms with E-state index in [0.717, 1.165) is 16.0 Å². The summed E-state index contributed by atoms with van der Waals surface area (Å²) in [5.41, 5.74) is 8.74. The summed E-state index contributed by atoms with van der Waals surface area (Å²) in [4.78, 5) is 42.8. The van der Waals surface area contributed by atoms with Gasteiger partial charge in [0.2, 0.25) is 0 Å². The second kappa shape index (κ2) is 10.8. The Bertz CT molecular complexity index is 1410. The fourth-order valence-corrected chi connectivity index (χ4v) is 5.57. The first kappa shape index (κ1) is 27.6. The van der Waals surface area contributed by atoms with Crippen molar-refractivity contribution in [1.29, 1.82) is 0 Å². The number of nitrogens with zero attached hydrogens (tertiary/aromatic N) is 2. The Balaban J connectivity index is 1.59. The number of benzene rings is 2. The van der Waals surface area contributed by atoms with Crippen LogP contribution in [0.2, 0.25) is 5.02 Å². The number of ether oxygens (including phenoxy) is 1. The number of anilines is 1. The van der Waals surface area contributed by atoms with Gasteiger partial charge in [0.15, 0.2) is 0 Å². The zero-order chi connectivity index (χ0) is 27.8. The third kappa shape index (κ3) is 5.85. The van der Waals surface area contributed by atoms with Crippen LogP contribution in [0.15, 0.2) is 42.5 Å². The predicted molar refractivity (Wildman–Crippen MR) is 152 cm³/mol. The standard InChI is InChI=1S/C28H31ClN4O4S/c1-28(2,30)15-31-25(34)17-6-8-19-22(13-17)37-11-10-16-14-23(38-24(16)19)27(36)33(5)21-9-7-18(12-20(21)29)26(35)32(3)4/h6-9,12-14H,10-11,15,30H2,1-5H3,(H,31,34). The average molecular weight is 555 g/mol. The van der Waals surface area contributed by atoms with Crippen LogP contribution in [0.1, 0.15) is 49.8 Å². The van der Waals surface area contributed by atoms with Gasteiger partial charge < -0.3 is 25.6 Å². The van der Waals surface area contributed by atoms with Crippen LogP contribution in [0.25, 0.3) is 10.4 Å². The minimum atomic E-state index is -0.518. The minimum Gasteiger partial charge on any atom is -0.493 e. The van der Waals surface area contributed by atoms with Crippen LogP contribution in [0, 0.1) is 0 Å². The number of nitrogens with one attached hydrogen (secondary N) is 1. The third-order valence-corrected chi connectivity index (χ3v) is 7.61. The molecular formula is C28H31ClN4O4S. The van der Waals surface area contributed by atoms with E-state index in [0.29, 0.717) is 52.0 Å². The number of rotatable bonds is 6. The Morgan fingerprint density at radius 3 is 2.42 bits per heavy atom. The summed E-state index contributed by atoms with van der Waals surface area (Å²) in [6.45, 7) is 4.46. The largest absolute Gasteiger partial charge is 0.493 e. The zero-order valence-corrected chi connectivity index (χ0v) is 23.6. The molecule has 1 aromatic heterocycles. The van der Waals surface area contributed by atoms with Crippen molar-refractivity contribution >= 4 is 46.3 Å². The van der Waals surface area contributed by atoms with Crippen molar-refractivity contribution in [3.05, 3.63) is 69.1 Å². The van der Waals surface area contributed by atoms with Gasteiger partial charge in [-0.2, -0.15) is 0 Å². The lowest BCUT2D eigenvalue weighted by Crippen LogP contribution is -2.45. The van der Waals surface area contributed by atoms with Crippen LogP contribution in [0.4, 0.5) is 5.69 Å². The molecule has 200 valence electrons. The van der Waals surface area contributed by atoms with E-state index < -0.39 is 5.54 Å². The molecule has 0 bridgehead atoms. The summed E-state index contributed by atoms with van der Waals surface area (Å²) < 4.78 is 5.96. The molecule has 3 N–H and O–H groups in total. The van der Waals surface area contributed by atoms with Gasteiger partial charge >= 0.3 is 0 Å². The second-order valence-electron chi connectivity index (χ2n) is 10.2. The lowest BCUT2D eigenvalue weighted by Gasteiger charge is -2.19. The Labute approximate surface area is 231 Å². The van der Waals surface area contributed by atoms with Gasteiger partial charge in [-0.05, 0) is 61.9 Å². The topological polar surface area (TPSA) is 105 Å². The molecule has 0 fully saturated rings. The first-order valence-electron chi connectivity index (χ1n) is 12.1. The molecule has 0 saturated heterocycles. The second-order valence-corrected chi connectivity index (χ2v) is 11.6. The van der Waals surface area contributed by atoms with E-state index >= 15 is 0 Å². The lowest BCUT2D eigenvalue weighted by atomic mass is 10.0. The van der Waals surface area contributed by atoms with Crippen molar-refractivity contribution in [1.82, 2.24) is 10.2 Å². The molecule has 4 rings (SSSR count). The predicted octanol–water partition coefficient (Wildman–Crippen LogP) is 4.45. The highest BCUT2D eigenvalue weighted by atomic mass is 35.5. The number of carbonyl (C=O) groups is 3. The summed E-state index contributed by atoms with van der Waals surface area (Å²) in [6.07, 6.45) is 0.627. The molecule has 0 aliphatic carbocycles. The van der Waals surface area contributed by atoms with E-state index in [-0.39, 0.29) is 17.7 Å². The maximum absolute atomic E-state index is 13.4. The van der Waals surface area contributed by atoms with Gasteiger partial charge in [-0.1, -0.05) is 11.6 Å². The molecule has 2 heterocycles. The van der Waals surface area contributed by atoms with Crippen molar-refractivity contribution in [2.75, 3.05) is 39.2 Å². The number of amides is 3. The summed E-state index contributed by atoms with van der Waals surface area (Å²) >= 11 is 7.84. The van der Waals surface area contributed by atoms with Crippen LogP contribution in [0.5, 0.6) is 5.75 Å². The zero-order valence-electron chi connectivity index (χ0n) is 22.1. The third-order valence-electron chi connectivity index (χ3n) is 6.11. The molecule has 3 amide bonds. The fraction of sp³-hybridized carbons (Fsp3) is 0.321. The van der Waals surface area contributed by atoms with E-state index in [9.17, 15) is 14.4 Å². The maximum Gasteiger partial charge on any atom is 0.268 e. The molecule has 3 aromatic rings. The van der Waals surface area contributed by atoms with Crippen molar-refractivity contribution in [3.8, 4) is 16.2 Å². The molecule has 1 aliphatic heterocycles. The molecule has 0 saturated carbocycles. The van der Waals surface area contributed by atoms with Crippen molar-refractivity contribution < 1.29 is 19.1 Å². The molecule has 38 heavy (non-hydrogen) atoms. The molecule has 0 spiro atoms. The monoisotopic (exact) mass is 554 g/mol. The highest BCUT2D eigenvalue weighted by molar-refractivity contribution is 7.17. The van der Waals surface area contributed by atoms with Crippen LogP contribution < -0.4 is 20.7 Å². The molecule has 0 unspecified atom stereocenters. The molecule has 8 nitrogen and oxygen atoms in total. The lowest BCUT2D eigenvalue weighted by molar-refractivity contribution is 0.0827. The number of hydrogen-bond acceptors (Lipinski definition) is 6. The maximum atomic E-state index is 13.4. The summed E-state index contributed by atoms with van der Waals surface area (Å²) in [6, 6.07) is 12.1. The van der Waals surface area contributed by atoms with Crippen LogP contribution in [-0.4, -0.2) is 62.5 Å². The molecular weight excluding hydrogens is 524 g/mol. The van der Waals surface area contributed by atoms with Crippen LogP contribution in [-0.2, 0) is 6.42 Å². The van der Waals surface area contributed by atoms with Gasteiger partial charge in [-0.3, -0.25) is 14.4 Å². The normalized spacial score (nSPS) is 12.5. The van der Waals surface area contributed by atoms with Crippen LogP contribution >= 0.6 is 22.9 Å². The molecule has 0 radical (unpaired) electrons. The van der Waals surface area contributed by atoms with Gasteiger partial charge in [-0.15, -0.1) is 11.3 Å². The first-order chi connectivity index (χ1) is 17.9. The Morgan fingerprint density at radius 1 is 1.05 bits per heavy atom. The van der Waals surface area contributed by atoms with E-state index in [1.165, 1.54) is 21.1 Å². The van der Waals surface area contributed by atoms with E-state index in [1.807, 2.05) is 26.0 Å². The van der Waals surface area contributed by atoms with Gasteiger partial charge in [0.25, 0.3) is 17.7 Å². The molecule has 1 aliphatic rings. The van der Waals surface area contributed by atoms with Gasteiger partial charge in [0.05, 0.1) is 22.2 Å². The number of thiophene rings is 1. The fourth-order valence-electron chi connectivity index (χ4n) is 4.04. The molecule has 10 heteroatoms. The molecule has 2 aromatic carbocycles. The average Bonchev–Trinajstić information content (AvgIpc) is 3.21. The molecule has 0 atom stereocenters. The number of fused-ring (bicyclic) bond motifs is 3. The summed E-state index contributed by atoms with van der Waals surface area (Å²) in [5, 5.41) is 3.16. The van der Waals surface area contributed by atoms with E-state index in [1.54, 1.807) is 51.5 Å². The van der Waals surface area contributed by atoms with Gasteiger partial charge in [0, 0.05) is 61.2 Å². The Morgan fingerprint density at radius 2 is 1.76 bits per heavy atom. The van der Waals surface area contributed by atoms with Crippen molar-refractivity contribution in [2.24, 2.45) is 5.73 Å². The smallest absolute Gasteiger partial charge is 0.268 e. The highest BCUT2D eigenvalue weighted by Gasteiger charge is 2.25. The SMILES string of the molecule is CN(C)C(=O)c1ccc(N(C)C(=O)c2cc3c(s2)-c2ccc(C(=O)NCC(C)(C)N)cc2OCC3)c(Cl)c1. The number of halogens is 1. The highest BCUT2D eigenvalue weighted by Crippen LogP contribution is 2.42. The van der Waals surface area contributed by atoms with Gasteiger partial charge in [-0.25, -0.2) is 0 Å². The Hall–Kier alpha value is -3.40. The summed E-state index contributed by atoms with van der Waals surface area (Å²) in [5.74, 6) is -0.00116. The Kier molecular flexibility index (Phi) is 7.83. The van der Waals surface area contributed by atoms with Gasteiger partial charge in [0.1, 0.15) is 5.75 Å². The van der Waals surface area contributed by atoms with Crippen molar-refractivity contribution in [3.63, 3.8) is 0 Å². The number of nitrogens with two attached hydrogens (primary N) is 1. The summed E-state index contributed by atoms with van der Waals surface area (Å²) in [7, 11) is 5.00. The first-order valence-corrected chi connectivity index (χ1v) is 13.3. The number of carbonyl (C=O) groups excluding carboxylic acids is 3. The van der Waals surface area contributed by atoms with E-state index in [4.69, 9.17) is 22.1 Å². The van der Waals surface area contributed by atoms with Crippen LogP contribution in [0.3, 0.4) is 0 Å². The van der Waals surface area contributed by atoms with Crippen molar-refractivity contribution in [2.45, 2.75) is 25.8 Å². The minimum absolute atomic E-state index is 0.167. The number of hydrogen-bond donors (Lipinski definition) is 2. The quantitative estimate of drug-likeness (QED) is 0.468. The van der Waals surface area contributed by atoms with E-state index in [2.05, 4.69) is 5.32 Å².